The molecular formula is C20H22ClNO2. The molecule has 1 N–H and O–H groups in total. The van der Waals surface area contributed by atoms with Crippen LogP contribution in [0.3, 0.4) is 0 Å². The van der Waals surface area contributed by atoms with Crippen LogP contribution in [0.4, 0.5) is 0 Å². The molecule has 2 aromatic rings. The van der Waals surface area contributed by atoms with Gasteiger partial charge in [-0.3, -0.25) is 4.79 Å². The number of carbonyl (C=O) groups excluding carboxylic acids is 1. The van der Waals surface area contributed by atoms with E-state index >= 15 is 0 Å². The lowest BCUT2D eigenvalue weighted by Crippen LogP contribution is -2.35. The molecule has 4 heteroatoms. The molecule has 0 fully saturated rings. The van der Waals surface area contributed by atoms with E-state index in [9.17, 15) is 4.79 Å². The molecule has 0 radical (unpaired) electrons. The van der Waals surface area contributed by atoms with Crippen LogP contribution < -0.4 is 10.1 Å². The minimum atomic E-state index is -0.529. The van der Waals surface area contributed by atoms with Crippen LogP contribution in [0.2, 0.25) is 5.02 Å². The predicted octanol–water partition coefficient (Wildman–Crippen LogP) is 4.30. The highest BCUT2D eigenvalue weighted by Crippen LogP contribution is 2.25. The second kappa shape index (κ2) is 7.71. The largest absolute Gasteiger partial charge is 0.481 e. The van der Waals surface area contributed by atoms with Crippen LogP contribution in [0.15, 0.2) is 42.5 Å². The highest BCUT2D eigenvalue weighted by Gasteiger charge is 2.16. The quantitative estimate of drug-likeness (QED) is 0.878. The summed E-state index contributed by atoms with van der Waals surface area (Å²) in [4.78, 5) is 12.2. The number of hydrogen-bond acceptors (Lipinski definition) is 2. The maximum Gasteiger partial charge on any atom is 0.261 e. The van der Waals surface area contributed by atoms with Gasteiger partial charge >= 0.3 is 0 Å². The SMILES string of the molecule is C[C@H](Oc1ccc2c(c1)CCCC2)C(=O)NCc1ccc(Cl)cc1. The fourth-order valence-electron chi connectivity index (χ4n) is 2.98. The van der Waals surface area contributed by atoms with Crippen LogP contribution in [0.1, 0.15) is 36.5 Å². The number of rotatable bonds is 5. The van der Waals surface area contributed by atoms with E-state index in [1.54, 1.807) is 6.92 Å². The van der Waals surface area contributed by atoms with Crippen molar-refractivity contribution in [3.05, 3.63) is 64.2 Å². The van der Waals surface area contributed by atoms with Crippen LogP contribution in [0, 0.1) is 0 Å². The Morgan fingerprint density at radius 1 is 1.12 bits per heavy atom. The van der Waals surface area contributed by atoms with Crippen molar-refractivity contribution in [1.82, 2.24) is 5.32 Å². The van der Waals surface area contributed by atoms with E-state index in [2.05, 4.69) is 17.4 Å². The summed E-state index contributed by atoms with van der Waals surface area (Å²) in [6.45, 7) is 2.24. The number of fused-ring (bicyclic) bond motifs is 1. The average molecular weight is 344 g/mol. The first-order chi connectivity index (χ1) is 11.6. The Morgan fingerprint density at radius 2 is 1.83 bits per heavy atom. The molecular weight excluding hydrogens is 322 g/mol. The molecule has 0 aromatic heterocycles. The lowest BCUT2D eigenvalue weighted by atomic mass is 9.92. The van der Waals surface area contributed by atoms with Gasteiger partial charge in [0, 0.05) is 11.6 Å². The van der Waals surface area contributed by atoms with E-state index in [0.29, 0.717) is 11.6 Å². The number of ether oxygens (including phenoxy) is 1. The molecule has 2 aromatic carbocycles. The van der Waals surface area contributed by atoms with E-state index in [1.807, 2.05) is 30.3 Å². The van der Waals surface area contributed by atoms with Gasteiger partial charge in [0.25, 0.3) is 5.91 Å². The Labute approximate surface area is 148 Å². The number of benzene rings is 2. The summed E-state index contributed by atoms with van der Waals surface area (Å²) < 4.78 is 5.82. The topological polar surface area (TPSA) is 38.3 Å². The van der Waals surface area contributed by atoms with Crippen molar-refractivity contribution in [3.63, 3.8) is 0 Å². The Bertz CT molecular complexity index is 712. The predicted molar refractivity (Wildman–Crippen MR) is 96.5 cm³/mol. The van der Waals surface area contributed by atoms with E-state index in [-0.39, 0.29) is 5.91 Å². The molecule has 0 spiro atoms. The van der Waals surface area contributed by atoms with E-state index < -0.39 is 6.10 Å². The molecule has 3 nitrogen and oxygen atoms in total. The maximum atomic E-state index is 12.2. The van der Waals surface area contributed by atoms with Crippen molar-refractivity contribution in [2.45, 2.75) is 45.3 Å². The molecule has 0 saturated carbocycles. The summed E-state index contributed by atoms with van der Waals surface area (Å²) in [5, 5.41) is 3.58. The van der Waals surface area contributed by atoms with Gasteiger partial charge in [-0.25, -0.2) is 0 Å². The molecule has 0 heterocycles. The van der Waals surface area contributed by atoms with Crippen LogP contribution in [-0.4, -0.2) is 12.0 Å². The number of nitrogens with one attached hydrogen (secondary N) is 1. The van der Waals surface area contributed by atoms with Crippen molar-refractivity contribution in [2.24, 2.45) is 0 Å². The Hall–Kier alpha value is -2.00. The van der Waals surface area contributed by atoms with Crippen molar-refractivity contribution in [3.8, 4) is 5.75 Å². The van der Waals surface area contributed by atoms with E-state index in [4.69, 9.17) is 16.3 Å². The van der Waals surface area contributed by atoms with Crippen molar-refractivity contribution < 1.29 is 9.53 Å². The number of halogens is 1. The molecule has 126 valence electrons. The third-order valence-corrected chi connectivity index (χ3v) is 4.63. The first-order valence-corrected chi connectivity index (χ1v) is 8.80. The zero-order chi connectivity index (χ0) is 16.9. The zero-order valence-electron chi connectivity index (χ0n) is 13.8. The fraction of sp³-hybridized carbons (Fsp3) is 0.350. The summed E-state index contributed by atoms with van der Waals surface area (Å²) >= 11 is 5.86. The van der Waals surface area contributed by atoms with Gasteiger partial charge < -0.3 is 10.1 Å². The van der Waals surface area contributed by atoms with E-state index in [0.717, 1.165) is 24.2 Å². The van der Waals surface area contributed by atoms with Crippen molar-refractivity contribution in [1.29, 1.82) is 0 Å². The number of aryl methyl sites for hydroxylation is 2. The summed E-state index contributed by atoms with van der Waals surface area (Å²) in [5.74, 6) is 0.646. The van der Waals surface area contributed by atoms with Gasteiger partial charge in [-0.05, 0) is 73.6 Å². The number of amides is 1. The van der Waals surface area contributed by atoms with E-state index in [1.165, 1.54) is 24.0 Å². The van der Waals surface area contributed by atoms with Gasteiger partial charge in [-0.1, -0.05) is 29.8 Å². The summed E-state index contributed by atoms with van der Waals surface area (Å²) in [6.07, 6.45) is 4.21. The second-order valence-corrected chi connectivity index (χ2v) is 6.68. The first kappa shape index (κ1) is 16.8. The summed E-state index contributed by atoms with van der Waals surface area (Å²) in [6, 6.07) is 13.6. The molecule has 3 rings (SSSR count). The maximum absolute atomic E-state index is 12.2. The Balaban J connectivity index is 1.55. The molecule has 24 heavy (non-hydrogen) atoms. The first-order valence-electron chi connectivity index (χ1n) is 8.42. The fourth-order valence-corrected chi connectivity index (χ4v) is 3.10. The summed E-state index contributed by atoms with van der Waals surface area (Å²) in [5.41, 5.74) is 3.77. The summed E-state index contributed by atoms with van der Waals surface area (Å²) in [7, 11) is 0. The lowest BCUT2D eigenvalue weighted by Gasteiger charge is -2.19. The van der Waals surface area contributed by atoms with Gasteiger partial charge in [-0.2, -0.15) is 0 Å². The van der Waals surface area contributed by atoms with Crippen LogP contribution >= 0.6 is 11.6 Å². The monoisotopic (exact) mass is 343 g/mol. The Morgan fingerprint density at radius 3 is 2.58 bits per heavy atom. The van der Waals surface area contributed by atoms with Crippen LogP contribution in [0.25, 0.3) is 0 Å². The van der Waals surface area contributed by atoms with Gasteiger partial charge in [0.05, 0.1) is 0 Å². The third-order valence-electron chi connectivity index (χ3n) is 4.38. The second-order valence-electron chi connectivity index (χ2n) is 6.24. The lowest BCUT2D eigenvalue weighted by molar-refractivity contribution is -0.127. The molecule has 1 amide bonds. The molecule has 1 aliphatic rings. The van der Waals surface area contributed by atoms with Crippen LogP contribution in [0.5, 0.6) is 5.75 Å². The highest BCUT2D eigenvalue weighted by atomic mass is 35.5. The smallest absolute Gasteiger partial charge is 0.261 e. The van der Waals surface area contributed by atoms with Crippen molar-refractivity contribution in [2.75, 3.05) is 0 Å². The number of hydrogen-bond donors (Lipinski definition) is 1. The van der Waals surface area contributed by atoms with Crippen molar-refractivity contribution >= 4 is 17.5 Å². The molecule has 0 bridgehead atoms. The molecule has 0 unspecified atom stereocenters. The third kappa shape index (κ3) is 4.30. The van der Waals surface area contributed by atoms with Gasteiger partial charge in [0.2, 0.25) is 0 Å². The highest BCUT2D eigenvalue weighted by molar-refractivity contribution is 6.30. The number of carbonyl (C=O) groups is 1. The van der Waals surface area contributed by atoms with Gasteiger partial charge in [0.1, 0.15) is 5.75 Å². The molecule has 0 aliphatic heterocycles. The van der Waals surface area contributed by atoms with Gasteiger partial charge in [0.15, 0.2) is 6.10 Å². The average Bonchev–Trinajstić information content (AvgIpc) is 2.61. The zero-order valence-corrected chi connectivity index (χ0v) is 14.6. The minimum absolute atomic E-state index is 0.123. The molecule has 1 atom stereocenters. The normalized spacial score (nSPS) is 14.6. The minimum Gasteiger partial charge on any atom is -0.481 e. The van der Waals surface area contributed by atoms with Crippen LogP contribution in [-0.2, 0) is 24.2 Å². The Kier molecular flexibility index (Phi) is 5.41. The molecule has 1 aliphatic carbocycles. The molecule has 0 saturated heterocycles. The standard InChI is InChI=1S/C20H22ClNO2/c1-14(20(23)22-13-15-6-9-18(21)10-7-15)24-19-11-8-16-4-2-3-5-17(16)12-19/h6-12,14H,2-5,13H2,1H3,(H,22,23)/t14-/m0/s1. The van der Waals surface area contributed by atoms with Gasteiger partial charge in [-0.15, -0.1) is 0 Å².